The monoisotopic (exact) mass is 279 g/mol. The van der Waals surface area contributed by atoms with Crippen LogP contribution >= 0.6 is 0 Å². The summed E-state index contributed by atoms with van der Waals surface area (Å²) < 4.78 is 0. The van der Waals surface area contributed by atoms with Crippen LogP contribution in [0.4, 0.5) is 0 Å². The number of nitrogens with zero attached hydrogens (tertiary/aromatic N) is 2. The maximum absolute atomic E-state index is 9.47. The molecule has 1 aliphatic heterocycles. The van der Waals surface area contributed by atoms with Crippen LogP contribution in [-0.4, -0.2) is 35.6 Å². The van der Waals surface area contributed by atoms with Crippen molar-refractivity contribution in [3.8, 4) is 6.07 Å². The first kappa shape index (κ1) is 17.5. The molecule has 2 atom stereocenters. The Morgan fingerprint density at radius 3 is 2.25 bits per heavy atom. The fourth-order valence-electron chi connectivity index (χ4n) is 3.35. The zero-order valence-electron chi connectivity index (χ0n) is 14.3. The molecule has 1 rings (SSSR count). The van der Waals surface area contributed by atoms with Gasteiger partial charge in [-0.25, -0.2) is 0 Å². The van der Waals surface area contributed by atoms with Crippen LogP contribution in [0.15, 0.2) is 0 Å². The molecule has 0 aromatic rings. The zero-order valence-corrected chi connectivity index (χ0v) is 14.3. The Kier molecular flexibility index (Phi) is 6.04. The largest absolute Gasteiger partial charge is 0.301 e. The predicted molar refractivity (Wildman–Crippen MR) is 85.6 cm³/mol. The maximum Gasteiger partial charge on any atom is 0.105 e. The van der Waals surface area contributed by atoms with E-state index in [-0.39, 0.29) is 0 Å². The fourth-order valence-corrected chi connectivity index (χ4v) is 3.35. The summed E-state index contributed by atoms with van der Waals surface area (Å²) in [6, 6.07) is 3.28. The minimum Gasteiger partial charge on any atom is -0.301 e. The lowest BCUT2D eigenvalue weighted by molar-refractivity contribution is 0.0756. The van der Waals surface area contributed by atoms with E-state index in [1.807, 2.05) is 6.92 Å². The lowest BCUT2D eigenvalue weighted by atomic mass is 9.77. The van der Waals surface area contributed by atoms with Gasteiger partial charge in [0, 0.05) is 12.1 Å². The van der Waals surface area contributed by atoms with E-state index in [2.05, 4.69) is 50.9 Å². The molecule has 1 saturated heterocycles. The highest BCUT2D eigenvalue weighted by Crippen LogP contribution is 2.35. The first-order chi connectivity index (χ1) is 9.23. The molecular weight excluding hydrogens is 246 g/mol. The van der Waals surface area contributed by atoms with Crippen LogP contribution in [0.25, 0.3) is 0 Å². The van der Waals surface area contributed by atoms with Gasteiger partial charge < -0.3 is 4.90 Å². The molecule has 2 unspecified atom stereocenters. The van der Waals surface area contributed by atoms with Crippen molar-refractivity contribution in [3.05, 3.63) is 0 Å². The number of piperidine rings is 1. The molecule has 0 spiro atoms. The van der Waals surface area contributed by atoms with Crippen LogP contribution in [0.2, 0.25) is 0 Å². The molecule has 0 radical (unpaired) electrons. The molecule has 1 fully saturated rings. The fraction of sp³-hybridized carbons (Fsp3) is 0.941. The molecule has 1 heterocycles. The molecule has 0 aromatic carbocycles. The van der Waals surface area contributed by atoms with Crippen LogP contribution in [-0.2, 0) is 0 Å². The van der Waals surface area contributed by atoms with Gasteiger partial charge in [0.25, 0.3) is 0 Å². The van der Waals surface area contributed by atoms with Gasteiger partial charge in [-0.15, -0.1) is 0 Å². The SMILES string of the molecule is CCC1(C)CCN(C(C)CC(C)(C#N)NC(C)C)CC1. The van der Waals surface area contributed by atoms with Gasteiger partial charge in [-0.1, -0.05) is 20.3 Å². The Hall–Kier alpha value is -0.590. The summed E-state index contributed by atoms with van der Waals surface area (Å²) in [5.41, 5.74) is 0.115. The maximum atomic E-state index is 9.47. The predicted octanol–water partition coefficient (Wildman–Crippen LogP) is 3.56. The van der Waals surface area contributed by atoms with Crippen molar-refractivity contribution in [1.29, 1.82) is 5.26 Å². The van der Waals surface area contributed by atoms with E-state index < -0.39 is 5.54 Å². The quantitative estimate of drug-likeness (QED) is 0.808. The molecule has 3 nitrogen and oxygen atoms in total. The van der Waals surface area contributed by atoms with Gasteiger partial charge >= 0.3 is 0 Å². The van der Waals surface area contributed by atoms with Crippen molar-refractivity contribution in [2.75, 3.05) is 13.1 Å². The van der Waals surface area contributed by atoms with Crippen molar-refractivity contribution in [2.45, 2.75) is 84.8 Å². The highest BCUT2D eigenvalue weighted by molar-refractivity contribution is 5.06. The third-order valence-corrected chi connectivity index (χ3v) is 5.04. The summed E-state index contributed by atoms with van der Waals surface area (Å²) in [5.74, 6) is 0. The Labute approximate surface area is 125 Å². The highest BCUT2D eigenvalue weighted by Gasteiger charge is 2.33. The van der Waals surface area contributed by atoms with Gasteiger partial charge in [-0.2, -0.15) is 5.26 Å². The molecule has 1 N–H and O–H groups in total. The first-order valence-electron chi connectivity index (χ1n) is 8.16. The van der Waals surface area contributed by atoms with Gasteiger partial charge in [0.2, 0.25) is 0 Å². The molecule has 0 amide bonds. The summed E-state index contributed by atoms with van der Waals surface area (Å²) in [6.45, 7) is 15.6. The van der Waals surface area contributed by atoms with Gasteiger partial charge in [0.1, 0.15) is 5.54 Å². The summed E-state index contributed by atoms with van der Waals surface area (Å²) in [7, 11) is 0. The number of nitrogens with one attached hydrogen (secondary N) is 1. The van der Waals surface area contributed by atoms with Crippen molar-refractivity contribution in [1.82, 2.24) is 10.2 Å². The number of nitriles is 1. The Bertz CT molecular complexity index is 337. The number of hydrogen-bond acceptors (Lipinski definition) is 3. The van der Waals surface area contributed by atoms with Crippen molar-refractivity contribution < 1.29 is 0 Å². The van der Waals surface area contributed by atoms with Crippen LogP contribution in [0.3, 0.4) is 0 Å². The van der Waals surface area contributed by atoms with Crippen LogP contribution in [0.1, 0.15) is 67.2 Å². The molecule has 1 aliphatic rings. The highest BCUT2D eigenvalue weighted by atomic mass is 15.2. The summed E-state index contributed by atoms with van der Waals surface area (Å²) in [5, 5.41) is 12.9. The minimum absolute atomic E-state index is 0.344. The van der Waals surface area contributed by atoms with Gasteiger partial charge in [0.15, 0.2) is 0 Å². The van der Waals surface area contributed by atoms with Crippen molar-refractivity contribution >= 4 is 0 Å². The van der Waals surface area contributed by atoms with Crippen molar-refractivity contribution in [3.63, 3.8) is 0 Å². The van der Waals surface area contributed by atoms with Crippen molar-refractivity contribution in [2.24, 2.45) is 5.41 Å². The average Bonchev–Trinajstić information content (AvgIpc) is 2.38. The Morgan fingerprint density at radius 1 is 1.30 bits per heavy atom. The molecule has 0 aliphatic carbocycles. The van der Waals surface area contributed by atoms with Crippen LogP contribution in [0.5, 0.6) is 0 Å². The standard InChI is InChI=1S/C17H33N3/c1-7-16(5)8-10-20(11-9-16)15(4)12-17(6,13-18)19-14(2)3/h14-15,19H,7-12H2,1-6H3. The van der Waals surface area contributed by atoms with E-state index >= 15 is 0 Å². The smallest absolute Gasteiger partial charge is 0.105 e. The molecule has 0 saturated carbocycles. The van der Waals surface area contributed by atoms with E-state index in [9.17, 15) is 5.26 Å². The second-order valence-electron chi connectivity index (χ2n) is 7.50. The molecule has 0 aromatic heterocycles. The molecule has 116 valence electrons. The Morgan fingerprint density at radius 2 is 1.85 bits per heavy atom. The van der Waals surface area contributed by atoms with Crippen LogP contribution < -0.4 is 5.32 Å². The normalized spacial score (nSPS) is 24.1. The third-order valence-electron chi connectivity index (χ3n) is 5.04. The lowest BCUT2D eigenvalue weighted by Gasteiger charge is -2.43. The second-order valence-corrected chi connectivity index (χ2v) is 7.50. The minimum atomic E-state index is -0.418. The van der Waals surface area contributed by atoms with Gasteiger partial charge in [-0.3, -0.25) is 5.32 Å². The molecule has 3 heteroatoms. The number of hydrogen-bond donors (Lipinski definition) is 1. The van der Waals surface area contributed by atoms with E-state index in [1.54, 1.807) is 0 Å². The van der Waals surface area contributed by atoms with E-state index in [4.69, 9.17) is 0 Å². The lowest BCUT2D eigenvalue weighted by Crippen LogP contribution is -2.51. The average molecular weight is 279 g/mol. The number of likely N-dealkylation sites (tertiary alicyclic amines) is 1. The van der Waals surface area contributed by atoms with Gasteiger partial charge in [0.05, 0.1) is 6.07 Å². The second kappa shape index (κ2) is 6.91. The number of rotatable bonds is 6. The van der Waals surface area contributed by atoms with Gasteiger partial charge in [-0.05, 0) is 65.5 Å². The topological polar surface area (TPSA) is 39.1 Å². The Balaban J connectivity index is 2.55. The van der Waals surface area contributed by atoms with E-state index in [1.165, 1.54) is 32.4 Å². The molecule has 0 bridgehead atoms. The summed E-state index contributed by atoms with van der Waals surface area (Å²) in [4.78, 5) is 2.56. The summed E-state index contributed by atoms with van der Waals surface area (Å²) in [6.07, 6.45) is 4.74. The zero-order chi connectivity index (χ0) is 15.4. The molecule has 20 heavy (non-hydrogen) atoms. The molecular formula is C17H33N3. The van der Waals surface area contributed by atoms with E-state index in [0.29, 0.717) is 17.5 Å². The van der Waals surface area contributed by atoms with E-state index in [0.717, 1.165) is 6.42 Å². The van der Waals surface area contributed by atoms with Crippen LogP contribution in [0, 0.1) is 16.7 Å². The first-order valence-corrected chi connectivity index (χ1v) is 8.16. The third kappa shape index (κ3) is 4.75. The summed E-state index contributed by atoms with van der Waals surface area (Å²) >= 11 is 0.